The number of amides is 1. The first-order valence-corrected chi connectivity index (χ1v) is 9.88. The van der Waals surface area contributed by atoms with E-state index in [9.17, 15) is 9.18 Å². The Hall–Kier alpha value is -3.21. The van der Waals surface area contributed by atoms with E-state index >= 15 is 0 Å². The van der Waals surface area contributed by atoms with Crippen molar-refractivity contribution in [1.82, 2.24) is 9.88 Å². The van der Waals surface area contributed by atoms with Crippen molar-refractivity contribution in [1.29, 1.82) is 0 Å². The average molecular weight is 390 g/mol. The average Bonchev–Trinajstić information content (AvgIpc) is 3.25. The number of hydrogen-bond acceptors (Lipinski definition) is 3. The van der Waals surface area contributed by atoms with E-state index in [1.165, 1.54) is 17.7 Å². The van der Waals surface area contributed by atoms with Gasteiger partial charge in [0.1, 0.15) is 17.3 Å². The lowest BCUT2D eigenvalue weighted by Gasteiger charge is -2.16. The van der Waals surface area contributed by atoms with Gasteiger partial charge in [-0.1, -0.05) is 42.5 Å². The predicted molar refractivity (Wildman–Crippen MR) is 111 cm³/mol. The minimum Gasteiger partial charge on any atom is -0.493 e. The summed E-state index contributed by atoms with van der Waals surface area (Å²) in [5, 5.41) is 0. The SMILES string of the molecule is CCOc1ccccc1-c1ccc(C2CCN(C(=O)c3ccc(F)cn3)C2)cc1. The van der Waals surface area contributed by atoms with Gasteiger partial charge in [0.05, 0.1) is 12.8 Å². The minimum absolute atomic E-state index is 0.144. The lowest BCUT2D eigenvalue weighted by Crippen LogP contribution is -2.29. The molecule has 1 saturated heterocycles. The fourth-order valence-corrected chi connectivity index (χ4v) is 3.80. The van der Waals surface area contributed by atoms with E-state index < -0.39 is 5.82 Å². The Balaban J connectivity index is 1.46. The number of benzene rings is 2. The summed E-state index contributed by atoms with van der Waals surface area (Å²) in [4.78, 5) is 18.3. The second-order valence-electron chi connectivity index (χ2n) is 7.15. The van der Waals surface area contributed by atoms with Crippen molar-refractivity contribution in [2.75, 3.05) is 19.7 Å². The number of halogens is 1. The molecule has 4 rings (SSSR count). The van der Waals surface area contributed by atoms with Crippen LogP contribution in [0, 0.1) is 5.82 Å². The van der Waals surface area contributed by atoms with Crippen molar-refractivity contribution < 1.29 is 13.9 Å². The number of ether oxygens (including phenoxy) is 1. The van der Waals surface area contributed by atoms with Crippen LogP contribution < -0.4 is 4.74 Å². The molecule has 148 valence electrons. The summed E-state index contributed by atoms with van der Waals surface area (Å²) in [6, 6.07) is 19.2. The second-order valence-corrected chi connectivity index (χ2v) is 7.15. The van der Waals surface area contributed by atoms with Gasteiger partial charge in [0.15, 0.2) is 0 Å². The van der Waals surface area contributed by atoms with E-state index in [-0.39, 0.29) is 17.5 Å². The molecule has 1 aliphatic rings. The molecule has 0 saturated carbocycles. The van der Waals surface area contributed by atoms with Gasteiger partial charge in [-0.2, -0.15) is 0 Å². The number of aromatic nitrogens is 1. The third-order valence-corrected chi connectivity index (χ3v) is 5.30. The van der Waals surface area contributed by atoms with Gasteiger partial charge in [-0.15, -0.1) is 0 Å². The molecule has 1 unspecified atom stereocenters. The highest BCUT2D eigenvalue weighted by Crippen LogP contribution is 2.33. The summed E-state index contributed by atoms with van der Waals surface area (Å²) < 4.78 is 18.8. The highest BCUT2D eigenvalue weighted by Gasteiger charge is 2.28. The zero-order valence-corrected chi connectivity index (χ0v) is 16.3. The Kier molecular flexibility index (Phi) is 5.56. The van der Waals surface area contributed by atoms with Crippen molar-refractivity contribution in [3.8, 4) is 16.9 Å². The molecule has 1 aromatic heterocycles. The number of hydrogen-bond donors (Lipinski definition) is 0. The number of carbonyl (C=O) groups excluding carboxylic acids is 1. The van der Waals surface area contributed by atoms with Crippen LogP contribution in [0.5, 0.6) is 5.75 Å². The third-order valence-electron chi connectivity index (χ3n) is 5.30. The van der Waals surface area contributed by atoms with E-state index in [0.29, 0.717) is 19.7 Å². The Morgan fingerprint density at radius 1 is 1.14 bits per heavy atom. The molecule has 2 heterocycles. The van der Waals surface area contributed by atoms with Crippen LogP contribution in [-0.4, -0.2) is 35.5 Å². The first-order chi connectivity index (χ1) is 14.2. The molecule has 29 heavy (non-hydrogen) atoms. The van der Waals surface area contributed by atoms with Gasteiger partial charge in [-0.05, 0) is 42.7 Å². The van der Waals surface area contributed by atoms with E-state index in [1.54, 1.807) is 4.90 Å². The van der Waals surface area contributed by atoms with Crippen molar-refractivity contribution in [3.05, 3.63) is 83.9 Å². The van der Waals surface area contributed by atoms with Crippen LogP contribution >= 0.6 is 0 Å². The summed E-state index contributed by atoms with van der Waals surface area (Å²) >= 11 is 0. The van der Waals surface area contributed by atoms with Crippen LogP contribution in [0.1, 0.15) is 35.3 Å². The molecule has 3 aromatic rings. The molecule has 0 radical (unpaired) electrons. The highest BCUT2D eigenvalue weighted by atomic mass is 19.1. The number of carbonyl (C=O) groups is 1. The maximum absolute atomic E-state index is 13.0. The lowest BCUT2D eigenvalue weighted by molar-refractivity contribution is 0.0785. The fourth-order valence-electron chi connectivity index (χ4n) is 3.80. The molecule has 0 N–H and O–H groups in total. The molecule has 0 bridgehead atoms. The smallest absolute Gasteiger partial charge is 0.272 e. The summed E-state index contributed by atoms with van der Waals surface area (Å²) in [6.45, 7) is 3.93. The van der Waals surface area contributed by atoms with E-state index in [0.717, 1.165) is 29.5 Å². The third kappa shape index (κ3) is 4.14. The molecule has 4 nitrogen and oxygen atoms in total. The first-order valence-electron chi connectivity index (χ1n) is 9.88. The Labute approximate surface area is 170 Å². The molecule has 0 aliphatic carbocycles. The lowest BCUT2D eigenvalue weighted by atomic mass is 9.95. The molecular weight excluding hydrogens is 367 g/mol. The Bertz CT molecular complexity index is 987. The quantitative estimate of drug-likeness (QED) is 0.621. The van der Waals surface area contributed by atoms with Gasteiger partial charge in [0.25, 0.3) is 5.91 Å². The normalized spacial score (nSPS) is 16.1. The molecule has 1 amide bonds. The maximum Gasteiger partial charge on any atom is 0.272 e. The topological polar surface area (TPSA) is 42.4 Å². The van der Waals surface area contributed by atoms with Gasteiger partial charge in [0.2, 0.25) is 0 Å². The van der Waals surface area contributed by atoms with Crippen molar-refractivity contribution in [2.45, 2.75) is 19.3 Å². The van der Waals surface area contributed by atoms with Crippen LogP contribution in [0.15, 0.2) is 66.9 Å². The fraction of sp³-hybridized carbons (Fsp3) is 0.250. The standard InChI is InChI=1S/C24H23FN2O2/c1-2-29-23-6-4-3-5-21(23)18-9-7-17(8-10-18)19-13-14-27(16-19)24(28)22-12-11-20(25)15-26-22/h3-12,15,19H,2,13-14,16H2,1H3. The summed E-state index contributed by atoms with van der Waals surface area (Å²) in [7, 11) is 0. The molecule has 0 spiro atoms. The zero-order valence-electron chi connectivity index (χ0n) is 16.3. The van der Waals surface area contributed by atoms with Gasteiger partial charge in [0, 0.05) is 24.6 Å². The molecule has 1 fully saturated rings. The van der Waals surface area contributed by atoms with Crippen LogP contribution in [-0.2, 0) is 0 Å². The Morgan fingerprint density at radius 2 is 1.93 bits per heavy atom. The number of pyridine rings is 1. The zero-order chi connectivity index (χ0) is 20.2. The summed E-state index contributed by atoms with van der Waals surface area (Å²) in [5.41, 5.74) is 3.69. The maximum atomic E-state index is 13.0. The van der Waals surface area contributed by atoms with Crippen LogP contribution in [0.4, 0.5) is 4.39 Å². The van der Waals surface area contributed by atoms with Crippen molar-refractivity contribution in [3.63, 3.8) is 0 Å². The molecule has 2 aromatic carbocycles. The van der Waals surface area contributed by atoms with Gasteiger partial charge in [-0.25, -0.2) is 9.37 Å². The molecule has 1 atom stereocenters. The van der Waals surface area contributed by atoms with Gasteiger partial charge in [-0.3, -0.25) is 4.79 Å². The number of nitrogens with zero attached hydrogens (tertiary/aromatic N) is 2. The van der Waals surface area contributed by atoms with Crippen molar-refractivity contribution >= 4 is 5.91 Å². The molecule has 1 aliphatic heterocycles. The predicted octanol–water partition coefficient (Wildman–Crippen LogP) is 4.92. The monoisotopic (exact) mass is 390 g/mol. The summed E-state index contributed by atoms with van der Waals surface area (Å²) in [5.74, 6) is 0.587. The largest absolute Gasteiger partial charge is 0.493 e. The second kappa shape index (κ2) is 8.43. The molecular formula is C24H23FN2O2. The minimum atomic E-state index is -0.438. The van der Waals surface area contributed by atoms with E-state index in [2.05, 4.69) is 35.3 Å². The summed E-state index contributed by atoms with van der Waals surface area (Å²) in [6.07, 6.45) is 1.99. The van der Waals surface area contributed by atoms with Crippen LogP contribution in [0.25, 0.3) is 11.1 Å². The highest BCUT2D eigenvalue weighted by molar-refractivity contribution is 5.92. The number of rotatable bonds is 5. The van der Waals surface area contributed by atoms with E-state index in [4.69, 9.17) is 4.74 Å². The molecule has 5 heteroatoms. The van der Waals surface area contributed by atoms with Crippen LogP contribution in [0.3, 0.4) is 0 Å². The number of para-hydroxylation sites is 1. The van der Waals surface area contributed by atoms with E-state index in [1.807, 2.05) is 25.1 Å². The van der Waals surface area contributed by atoms with Crippen LogP contribution in [0.2, 0.25) is 0 Å². The Morgan fingerprint density at radius 3 is 2.66 bits per heavy atom. The van der Waals surface area contributed by atoms with Gasteiger partial charge < -0.3 is 9.64 Å². The number of likely N-dealkylation sites (tertiary alicyclic amines) is 1. The first kappa shape index (κ1) is 19.1. The van der Waals surface area contributed by atoms with Gasteiger partial charge >= 0.3 is 0 Å². The van der Waals surface area contributed by atoms with Crippen molar-refractivity contribution in [2.24, 2.45) is 0 Å².